The average molecular weight is 315 g/mol. The molecule has 0 unspecified atom stereocenters. The summed E-state index contributed by atoms with van der Waals surface area (Å²) in [5, 5.41) is 0. The first-order valence-corrected chi connectivity index (χ1v) is 6.66. The lowest BCUT2D eigenvalue weighted by Crippen LogP contribution is -1.90. The second-order valence-corrected chi connectivity index (χ2v) is 5.16. The molecule has 0 amide bonds. The smallest absolute Gasteiger partial charge is 0.156 e. The number of hydrogen-bond acceptors (Lipinski definition) is 3. The van der Waals surface area contributed by atoms with Crippen molar-refractivity contribution >= 4 is 27.0 Å². The summed E-state index contributed by atoms with van der Waals surface area (Å²) in [5.74, 6) is 1.51. The summed E-state index contributed by atoms with van der Waals surface area (Å²) < 4.78 is 6.80. The Morgan fingerprint density at radius 1 is 1.11 bits per heavy atom. The first kappa shape index (κ1) is 12.1. The van der Waals surface area contributed by atoms with Crippen molar-refractivity contribution in [3.63, 3.8) is 0 Å². The second kappa shape index (κ2) is 4.97. The van der Waals surface area contributed by atoms with Gasteiger partial charge in [-0.2, -0.15) is 0 Å². The molecular weight excluding hydrogens is 304 g/mol. The fraction of sp³-hybridized carbons (Fsp3) is 0.0667. The van der Waals surface area contributed by atoms with Gasteiger partial charge < -0.3 is 4.74 Å². The molecule has 0 bridgehead atoms. The van der Waals surface area contributed by atoms with Gasteiger partial charge in [0, 0.05) is 22.9 Å². The average Bonchev–Trinajstić information content (AvgIpc) is 2.38. The molecule has 0 saturated carbocycles. The van der Waals surface area contributed by atoms with E-state index in [0.717, 1.165) is 26.8 Å². The minimum atomic E-state index is 0.711. The van der Waals surface area contributed by atoms with Gasteiger partial charge in [0.2, 0.25) is 0 Å². The van der Waals surface area contributed by atoms with Gasteiger partial charge in [0.1, 0.15) is 11.3 Å². The molecule has 0 aliphatic heterocycles. The van der Waals surface area contributed by atoms with Crippen molar-refractivity contribution in [1.82, 2.24) is 9.97 Å². The Morgan fingerprint density at radius 2 is 2.00 bits per heavy atom. The number of fused-ring (bicyclic) bond motifs is 1. The molecule has 0 N–H and O–H groups in total. The zero-order chi connectivity index (χ0) is 13.2. The summed E-state index contributed by atoms with van der Waals surface area (Å²) in [6, 6.07) is 11.7. The van der Waals surface area contributed by atoms with E-state index in [2.05, 4.69) is 25.9 Å². The van der Waals surface area contributed by atoms with Gasteiger partial charge in [0.25, 0.3) is 0 Å². The number of benzene rings is 1. The monoisotopic (exact) mass is 314 g/mol. The van der Waals surface area contributed by atoms with Crippen LogP contribution in [-0.2, 0) is 0 Å². The van der Waals surface area contributed by atoms with E-state index in [0.29, 0.717) is 5.75 Å². The summed E-state index contributed by atoms with van der Waals surface area (Å²) in [7, 11) is 0. The number of rotatable bonds is 2. The fourth-order valence-electron chi connectivity index (χ4n) is 1.87. The molecule has 0 spiro atoms. The highest BCUT2D eigenvalue weighted by atomic mass is 79.9. The van der Waals surface area contributed by atoms with Crippen LogP contribution in [0.15, 0.2) is 53.3 Å². The van der Waals surface area contributed by atoms with E-state index in [1.807, 2.05) is 43.3 Å². The molecule has 0 fully saturated rings. The number of pyridine rings is 2. The van der Waals surface area contributed by atoms with Gasteiger partial charge in [-0.1, -0.05) is 12.1 Å². The predicted octanol–water partition coefficient (Wildman–Crippen LogP) is 4.49. The number of halogens is 1. The van der Waals surface area contributed by atoms with Crippen molar-refractivity contribution < 1.29 is 4.74 Å². The summed E-state index contributed by atoms with van der Waals surface area (Å²) >= 11 is 3.39. The van der Waals surface area contributed by atoms with Gasteiger partial charge in [-0.15, -0.1) is 0 Å². The van der Waals surface area contributed by atoms with Crippen LogP contribution in [0.5, 0.6) is 11.5 Å². The van der Waals surface area contributed by atoms with Crippen molar-refractivity contribution in [1.29, 1.82) is 0 Å². The molecule has 0 aliphatic rings. The zero-order valence-electron chi connectivity index (χ0n) is 10.3. The molecule has 2 heterocycles. The van der Waals surface area contributed by atoms with Crippen LogP contribution in [0.4, 0.5) is 0 Å². The molecule has 3 rings (SSSR count). The maximum atomic E-state index is 5.89. The van der Waals surface area contributed by atoms with Gasteiger partial charge in [0.05, 0.1) is 5.52 Å². The molecule has 19 heavy (non-hydrogen) atoms. The molecule has 0 aliphatic carbocycles. The topological polar surface area (TPSA) is 35.0 Å². The molecule has 0 atom stereocenters. The van der Waals surface area contributed by atoms with Gasteiger partial charge in [-0.05, 0) is 46.6 Å². The van der Waals surface area contributed by atoms with Crippen LogP contribution in [0.2, 0.25) is 0 Å². The van der Waals surface area contributed by atoms with Gasteiger partial charge in [0.15, 0.2) is 5.75 Å². The molecule has 3 nitrogen and oxygen atoms in total. The Kier molecular flexibility index (Phi) is 3.17. The minimum Gasteiger partial charge on any atom is -0.455 e. The van der Waals surface area contributed by atoms with Crippen LogP contribution < -0.4 is 4.74 Å². The van der Waals surface area contributed by atoms with E-state index in [1.165, 1.54) is 0 Å². The number of ether oxygens (including phenoxy) is 1. The molecule has 4 heteroatoms. The minimum absolute atomic E-state index is 0.711. The third-order valence-corrected chi connectivity index (χ3v) is 3.16. The summed E-state index contributed by atoms with van der Waals surface area (Å²) in [6.07, 6.45) is 3.47. The van der Waals surface area contributed by atoms with Crippen LogP contribution in [0.1, 0.15) is 5.56 Å². The Balaban J connectivity index is 2.06. The number of hydrogen-bond donors (Lipinski definition) is 0. The van der Waals surface area contributed by atoms with Crippen molar-refractivity contribution in [2.45, 2.75) is 6.92 Å². The van der Waals surface area contributed by atoms with Crippen LogP contribution in [0.25, 0.3) is 11.0 Å². The molecule has 94 valence electrons. The van der Waals surface area contributed by atoms with Crippen LogP contribution in [0.3, 0.4) is 0 Å². The van der Waals surface area contributed by atoms with Crippen molar-refractivity contribution in [2.75, 3.05) is 0 Å². The standard InChI is InChI=1S/C15H11BrN2O/c1-10-3-2-4-12(7-10)19-14-5-6-17-13-8-11(16)9-18-15(13)14/h2-9H,1H3. The SMILES string of the molecule is Cc1cccc(Oc2ccnc3cc(Br)cnc23)c1. The lowest BCUT2D eigenvalue weighted by molar-refractivity contribution is 0.486. The predicted molar refractivity (Wildman–Crippen MR) is 78.5 cm³/mol. The van der Waals surface area contributed by atoms with Gasteiger partial charge in [-0.3, -0.25) is 4.98 Å². The molecular formula is C15H11BrN2O. The van der Waals surface area contributed by atoms with E-state index in [-0.39, 0.29) is 0 Å². The van der Waals surface area contributed by atoms with E-state index in [1.54, 1.807) is 12.4 Å². The normalized spacial score (nSPS) is 10.6. The second-order valence-electron chi connectivity index (χ2n) is 4.25. The number of aromatic nitrogens is 2. The Bertz CT molecular complexity index is 743. The lowest BCUT2D eigenvalue weighted by Gasteiger charge is -2.08. The number of nitrogens with zero attached hydrogens (tertiary/aromatic N) is 2. The van der Waals surface area contributed by atoms with E-state index >= 15 is 0 Å². The summed E-state index contributed by atoms with van der Waals surface area (Å²) in [4.78, 5) is 8.65. The fourth-order valence-corrected chi connectivity index (χ4v) is 2.19. The molecule has 1 aromatic carbocycles. The zero-order valence-corrected chi connectivity index (χ0v) is 11.9. The highest BCUT2D eigenvalue weighted by Gasteiger charge is 2.06. The van der Waals surface area contributed by atoms with Crippen LogP contribution >= 0.6 is 15.9 Å². The molecule has 3 aromatic rings. The van der Waals surface area contributed by atoms with E-state index in [4.69, 9.17) is 4.74 Å². The quantitative estimate of drug-likeness (QED) is 0.699. The Labute approximate surface area is 119 Å². The van der Waals surface area contributed by atoms with Gasteiger partial charge >= 0.3 is 0 Å². The summed E-state index contributed by atoms with van der Waals surface area (Å²) in [6.45, 7) is 2.03. The number of aryl methyl sites for hydroxylation is 1. The van der Waals surface area contributed by atoms with Crippen LogP contribution in [-0.4, -0.2) is 9.97 Å². The molecule has 0 radical (unpaired) electrons. The van der Waals surface area contributed by atoms with Crippen molar-refractivity contribution in [2.24, 2.45) is 0 Å². The van der Waals surface area contributed by atoms with Crippen LogP contribution in [0, 0.1) is 6.92 Å². The first-order valence-electron chi connectivity index (χ1n) is 5.87. The van der Waals surface area contributed by atoms with Crippen molar-refractivity contribution in [3.05, 3.63) is 58.8 Å². The lowest BCUT2D eigenvalue weighted by atomic mass is 10.2. The van der Waals surface area contributed by atoms with E-state index < -0.39 is 0 Å². The highest BCUT2D eigenvalue weighted by molar-refractivity contribution is 9.10. The largest absolute Gasteiger partial charge is 0.455 e. The van der Waals surface area contributed by atoms with Crippen molar-refractivity contribution in [3.8, 4) is 11.5 Å². The van der Waals surface area contributed by atoms with E-state index in [9.17, 15) is 0 Å². The van der Waals surface area contributed by atoms with Gasteiger partial charge in [-0.25, -0.2) is 4.98 Å². The maximum absolute atomic E-state index is 5.89. The summed E-state index contributed by atoms with van der Waals surface area (Å²) in [5.41, 5.74) is 2.72. The molecule has 0 saturated heterocycles. The maximum Gasteiger partial charge on any atom is 0.156 e. The molecule has 2 aromatic heterocycles. The first-order chi connectivity index (χ1) is 9.22. The Hall–Kier alpha value is -1.94. The third kappa shape index (κ3) is 2.58. The Morgan fingerprint density at radius 3 is 2.84 bits per heavy atom. The third-order valence-electron chi connectivity index (χ3n) is 2.72. The highest BCUT2D eigenvalue weighted by Crippen LogP contribution is 2.28.